The summed E-state index contributed by atoms with van der Waals surface area (Å²) in [5.41, 5.74) is 2.60. The molecule has 1 fully saturated rings. The summed E-state index contributed by atoms with van der Waals surface area (Å²) in [4.78, 5) is 18.8. The minimum absolute atomic E-state index is 0.281. The summed E-state index contributed by atoms with van der Waals surface area (Å²) in [7, 11) is 0. The van der Waals surface area contributed by atoms with E-state index in [4.69, 9.17) is 16.3 Å². The molecule has 0 unspecified atom stereocenters. The first-order chi connectivity index (χ1) is 12.1. The lowest BCUT2D eigenvalue weighted by Gasteiger charge is -2.29. The van der Waals surface area contributed by atoms with Gasteiger partial charge in [-0.1, -0.05) is 23.7 Å². The number of pyridine rings is 1. The van der Waals surface area contributed by atoms with Crippen molar-refractivity contribution in [1.82, 2.24) is 10.3 Å². The number of benzene rings is 1. The monoisotopic (exact) mass is 360 g/mol. The Morgan fingerprint density at radius 2 is 2.12 bits per heavy atom. The van der Waals surface area contributed by atoms with E-state index >= 15 is 0 Å². The average molecular weight is 361 g/mol. The maximum absolute atomic E-state index is 12.2. The maximum atomic E-state index is 12.2. The van der Waals surface area contributed by atoms with E-state index in [0.29, 0.717) is 30.5 Å². The first-order valence-electron chi connectivity index (χ1n) is 8.21. The highest BCUT2D eigenvalue weighted by Crippen LogP contribution is 2.20. The summed E-state index contributed by atoms with van der Waals surface area (Å²) in [5.74, 6) is 0.893. The molecule has 1 aromatic heterocycles. The Bertz CT molecular complexity index is 748. The van der Waals surface area contributed by atoms with Gasteiger partial charge in [0.1, 0.15) is 5.82 Å². The summed E-state index contributed by atoms with van der Waals surface area (Å²) in [6, 6.07) is 9.00. The fraction of sp³-hybridized carbons (Fsp3) is 0.333. The third kappa shape index (κ3) is 4.61. The minimum atomic E-state index is -0.281. The molecule has 2 heterocycles. The van der Waals surface area contributed by atoms with Crippen molar-refractivity contribution in [2.45, 2.75) is 13.5 Å². The van der Waals surface area contributed by atoms with E-state index < -0.39 is 0 Å². The van der Waals surface area contributed by atoms with Crippen molar-refractivity contribution >= 4 is 29.1 Å². The first-order valence-corrected chi connectivity index (χ1v) is 8.59. The molecule has 1 saturated heterocycles. The van der Waals surface area contributed by atoms with Crippen LogP contribution < -0.4 is 15.5 Å². The third-order valence-electron chi connectivity index (χ3n) is 4.05. The van der Waals surface area contributed by atoms with Crippen LogP contribution in [0.4, 0.5) is 16.3 Å². The fourth-order valence-electron chi connectivity index (χ4n) is 2.65. The normalized spacial score (nSPS) is 14.2. The Hall–Kier alpha value is -2.31. The van der Waals surface area contributed by atoms with E-state index in [-0.39, 0.29) is 6.03 Å². The van der Waals surface area contributed by atoms with Crippen LogP contribution in [0.2, 0.25) is 5.02 Å². The van der Waals surface area contributed by atoms with Crippen LogP contribution in [-0.4, -0.2) is 37.3 Å². The lowest BCUT2D eigenvalue weighted by Crippen LogP contribution is -2.38. The van der Waals surface area contributed by atoms with E-state index in [1.165, 1.54) is 0 Å². The summed E-state index contributed by atoms with van der Waals surface area (Å²) < 4.78 is 5.38. The number of aryl methyl sites for hydroxylation is 1. The molecule has 2 amide bonds. The van der Waals surface area contributed by atoms with Crippen LogP contribution in [0, 0.1) is 6.92 Å². The van der Waals surface area contributed by atoms with E-state index in [1.807, 2.05) is 31.2 Å². The standard InChI is InChI=1S/C18H21ClN4O2/c1-13-4-5-15(11-16(13)19)22-18(24)21-12-14-3-2-6-20-17(14)23-7-9-25-10-8-23/h2-6,11H,7-10,12H2,1H3,(H2,21,22,24). The van der Waals surface area contributed by atoms with Gasteiger partial charge in [0.2, 0.25) is 0 Å². The van der Waals surface area contributed by atoms with Crippen molar-refractivity contribution in [2.24, 2.45) is 0 Å². The Morgan fingerprint density at radius 1 is 1.32 bits per heavy atom. The van der Waals surface area contributed by atoms with Gasteiger partial charge < -0.3 is 20.3 Å². The van der Waals surface area contributed by atoms with Gasteiger partial charge in [0, 0.05) is 42.1 Å². The Balaban J connectivity index is 1.61. The predicted octanol–water partition coefficient (Wildman–Crippen LogP) is 3.20. The van der Waals surface area contributed by atoms with Gasteiger partial charge in [0.25, 0.3) is 0 Å². The van der Waals surface area contributed by atoms with Crippen molar-refractivity contribution in [3.05, 3.63) is 52.7 Å². The molecule has 2 aromatic rings. The van der Waals surface area contributed by atoms with Crippen molar-refractivity contribution in [3.8, 4) is 0 Å². The SMILES string of the molecule is Cc1ccc(NC(=O)NCc2cccnc2N2CCOCC2)cc1Cl. The number of halogens is 1. The molecule has 0 radical (unpaired) electrons. The van der Waals surface area contributed by atoms with Crippen LogP contribution >= 0.6 is 11.6 Å². The Morgan fingerprint density at radius 3 is 2.88 bits per heavy atom. The number of rotatable bonds is 4. The summed E-state index contributed by atoms with van der Waals surface area (Å²) in [6.45, 7) is 5.31. The van der Waals surface area contributed by atoms with Crippen LogP contribution in [0.1, 0.15) is 11.1 Å². The van der Waals surface area contributed by atoms with Gasteiger partial charge in [0.05, 0.1) is 13.2 Å². The Labute approximate surface area is 152 Å². The van der Waals surface area contributed by atoms with Crippen LogP contribution in [0.5, 0.6) is 0 Å². The molecule has 1 aliphatic heterocycles. The lowest BCUT2D eigenvalue weighted by atomic mass is 10.2. The number of aromatic nitrogens is 1. The number of amides is 2. The van der Waals surface area contributed by atoms with E-state index in [1.54, 1.807) is 12.3 Å². The van der Waals surface area contributed by atoms with Gasteiger partial charge in [-0.15, -0.1) is 0 Å². The highest BCUT2D eigenvalue weighted by Gasteiger charge is 2.16. The Kier molecular flexibility index (Phi) is 5.73. The largest absolute Gasteiger partial charge is 0.378 e. The molecule has 132 valence electrons. The number of carbonyl (C=O) groups excluding carboxylic acids is 1. The predicted molar refractivity (Wildman–Crippen MR) is 99.3 cm³/mol. The number of urea groups is 1. The number of nitrogens with zero attached hydrogens (tertiary/aromatic N) is 2. The quantitative estimate of drug-likeness (QED) is 0.878. The topological polar surface area (TPSA) is 66.5 Å². The fourth-order valence-corrected chi connectivity index (χ4v) is 2.83. The maximum Gasteiger partial charge on any atom is 0.319 e. The molecule has 0 atom stereocenters. The van der Waals surface area contributed by atoms with Gasteiger partial charge in [0.15, 0.2) is 0 Å². The highest BCUT2D eigenvalue weighted by atomic mass is 35.5. The van der Waals surface area contributed by atoms with E-state index in [9.17, 15) is 4.79 Å². The van der Waals surface area contributed by atoms with Crippen molar-refractivity contribution in [1.29, 1.82) is 0 Å². The lowest BCUT2D eigenvalue weighted by molar-refractivity contribution is 0.122. The minimum Gasteiger partial charge on any atom is -0.378 e. The second-order valence-corrected chi connectivity index (χ2v) is 6.26. The third-order valence-corrected chi connectivity index (χ3v) is 4.45. The molecule has 1 aliphatic rings. The number of morpholine rings is 1. The second-order valence-electron chi connectivity index (χ2n) is 5.86. The van der Waals surface area contributed by atoms with Gasteiger partial charge in [-0.05, 0) is 30.7 Å². The molecule has 2 N–H and O–H groups in total. The molecule has 6 nitrogen and oxygen atoms in total. The van der Waals surface area contributed by atoms with Crippen molar-refractivity contribution < 1.29 is 9.53 Å². The zero-order valence-corrected chi connectivity index (χ0v) is 14.8. The zero-order chi connectivity index (χ0) is 17.6. The van der Waals surface area contributed by atoms with Crippen molar-refractivity contribution in [2.75, 3.05) is 36.5 Å². The molecule has 25 heavy (non-hydrogen) atoms. The van der Waals surface area contributed by atoms with Crippen LogP contribution in [0.25, 0.3) is 0 Å². The molecule has 7 heteroatoms. The average Bonchev–Trinajstić information content (AvgIpc) is 2.64. The van der Waals surface area contributed by atoms with Gasteiger partial charge in [-0.3, -0.25) is 0 Å². The molecule has 1 aromatic carbocycles. The molecule has 0 bridgehead atoms. The number of hydrogen-bond acceptors (Lipinski definition) is 4. The van der Waals surface area contributed by atoms with Gasteiger partial charge >= 0.3 is 6.03 Å². The molecule has 3 rings (SSSR count). The number of anilines is 2. The summed E-state index contributed by atoms with van der Waals surface area (Å²) in [6.07, 6.45) is 1.77. The van der Waals surface area contributed by atoms with Crippen LogP contribution in [0.3, 0.4) is 0 Å². The van der Waals surface area contributed by atoms with Crippen molar-refractivity contribution in [3.63, 3.8) is 0 Å². The highest BCUT2D eigenvalue weighted by molar-refractivity contribution is 6.31. The van der Waals surface area contributed by atoms with Crippen LogP contribution in [-0.2, 0) is 11.3 Å². The molecule has 0 aliphatic carbocycles. The zero-order valence-electron chi connectivity index (χ0n) is 14.1. The van der Waals surface area contributed by atoms with Gasteiger partial charge in [-0.25, -0.2) is 9.78 Å². The first kappa shape index (κ1) is 17.5. The van der Waals surface area contributed by atoms with E-state index in [0.717, 1.165) is 30.0 Å². The molecular weight excluding hydrogens is 340 g/mol. The smallest absolute Gasteiger partial charge is 0.319 e. The molecule has 0 saturated carbocycles. The number of hydrogen-bond donors (Lipinski definition) is 2. The molecular formula is C18H21ClN4O2. The van der Waals surface area contributed by atoms with Gasteiger partial charge in [-0.2, -0.15) is 0 Å². The number of ether oxygens (including phenoxy) is 1. The number of nitrogens with one attached hydrogen (secondary N) is 2. The number of carbonyl (C=O) groups is 1. The molecule has 0 spiro atoms. The van der Waals surface area contributed by atoms with E-state index in [2.05, 4.69) is 20.5 Å². The summed E-state index contributed by atoms with van der Waals surface area (Å²) in [5, 5.41) is 6.29. The van der Waals surface area contributed by atoms with Crippen LogP contribution in [0.15, 0.2) is 36.5 Å². The summed E-state index contributed by atoms with van der Waals surface area (Å²) >= 11 is 6.08. The second kappa shape index (κ2) is 8.18.